The van der Waals surface area contributed by atoms with Crippen LogP contribution in [0.2, 0.25) is 0 Å². The first-order chi connectivity index (χ1) is 13.3. The summed E-state index contributed by atoms with van der Waals surface area (Å²) in [4.78, 5) is 17.4. The van der Waals surface area contributed by atoms with Crippen molar-refractivity contribution in [2.75, 3.05) is 17.7 Å². The predicted molar refractivity (Wildman–Crippen MR) is 109 cm³/mol. The van der Waals surface area contributed by atoms with Gasteiger partial charge in [0.2, 0.25) is 5.84 Å². The molecule has 1 unspecified atom stereocenters. The van der Waals surface area contributed by atoms with Crippen molar-refractivity contribution in [1.82, 2.24) is 0 Å². The summed E-state index contributed by atoms with van der Waals surface area (Å²) in [6.07, 6.45) is 2.95. The highest BCUT2D eigenvalue weighted by Crippen LogP contribution is 2.39. The van der Waals surface area contributed by atoms with Gasteiger partial charge in [-0.3, -0.25) is 0 Å². The zero-order chi connectivity index (χ0) is 20.3. The fraction of sp³-hybridized carbons (Fsp3) is 0.300. The molecule has 1 aliphatic rings. The molecule has 28 heavy (non-hydrogen) atoms. The van der Waals surface area contributed by atoms with Gasteiger partial charge in [0.1, 0.15) is 6.17 Å². The quantitative estimate of drug-likeness (QED) is 0.601. The Morgan fingerprint density at radius 3 is 2.50 bits per heavy atom. The van der Waals surface area contributed by atoms with Crippen molar-refractivity contribution in [3.63, 3.8) is 0 Å². The van der Waals surface area contributed by atoms with Gasteiger partial charge in [0.05, 0.1) is 10.6 Å². The maximum atomic E-state index is 12.5. The Kier molecular flexibility index (Phi) is 5.69. The Labute approximate surface area is 164 Å². The average Bonchev–Trinajstić information content (AvgIpc) is 2.68. The molecule has 148 valence electrons. The molecular formula is C20H23N3O4S. The molecule has 0 spiro atoms. The number of anilines is 1. The van der Waals surface area contributed by atoms with Crippen LogP contribution in [0.5, 0.6) is 0 Å². The first-order valence-corrected chi connectivity index (χ1v) is 10.9. The van der Waals surface area contributed by atoms with Crippen molar-refractivity contribution in [2.24, 2.45) is 10.7 Å². The summed E-state index contributed by atoms with van der Waals surface area (Å²) in [6, 6.07) is 14.7. The number of carboxylic acids is 1. The highest BCUT2D eigenvalue weighted by Gasteiger charge is 2.30. The molecule has 0 aliphatic carbocycles. The Balaban J connectivity index is 2.23. The first kappa shape index (κ1) is 19.9. The van der Waals surface area contributed by atoms with Gasteiger partial charge >= 0.3 is 5.97 Å². The van der Waals surface area contributed by atoms with E-state index in [0.717, 1.165) is 24.0 Å². The van der Waals surface area contributed by atoms with E-state index in [-0.39, 0.29) is 4.90 Å². The summed E-state index contributed by atoms with van der Waals surface area (Å²) in [7, 11) is -3.52. The molecule has 0 bridgehead atoms. The second-order valence-electron chi connectivity index (χ2n) is 6.78. The zero-order valence-electron chi connectivity index (χ0n) is 15.6. The van der Waals surface area contributed by atoms with Crippen LogP contribution in [0.25, 0.3) is 11.1 Å². The number of carboxylic acid groups (broad SMARTS) is 1. The number of aliphatic imine (C=N–C) groups is 1. The van der Waals surface area contributed by atoms with Crippen LogP contribution in [0.4, 0.5) is 5.69 Å². The molecule has 0 amide bonds. The molecular weight excluding hydrogens is 378 g/mol. The van der Waals surface area contributed by atoms with Crippen LogP contribution in [0.15, 0.2) is 58.4 Å². The van der Waals surface area contributed by atoms with Gasteiger partial charge in [0.25, 0.3) is 0 Å². The Morgan fingerprint density at radius 2 is 1.86 bits per heavy atom. The van der Waals surface area contributed by atoms with Crippen molar-refractivity contribution in [1.29, 1.82) is 0 Å². The van der Waals surface area contributed by atoms with Gasteiger partial charge in [-0.05, 0) is 30.9 Å². The van der Waals surface area contributed by atoms with Gasteiger partial charge in [-0.25, -0.2) is 18.2 Å². The van der Waals surface area contributed by atoms with Crippen molar-refractivity contribution < 1.29 is 18.3 Å². The lowest BCUT2D eigenvalue weighted by Gasteiger charge is -2.37. The third-order valence-electron chi connectivity index (χ3n) is 4.75. The van der Waals surface area contributed by atoms with Gasteiger partial charge in [0, 0.05) is 18.4 Å². The van der Waals surface area contributed by atoms with Crippen molar-refractivity contribution in [3.8, 4) is 11.1 Å². The van der Waals surface area contributed by atoms with Crippen LogP contribution in [0, 0.1) is 0 Å². The third-order valence-corrected chi connectivity index (χ3v) is 5.88. The van der Waals surface area contributed by atoms with Crippen LogP contribution >= 0.6 is 0 Å². The van der Waals surface area contributed by atoms with Crippen LogP contribution < -0.4 is 10.6 Å². The second-order valence-corrected chi connectivity index (χ2v) is 8.76. The number of aliphatic carboxylic acids is 1. The molecule has 1 atom stereocenters. The van der Waals surface area contributed by atoms with Gasteiger partial charge in [-0.2, -0.15) is 0 Å². The maximum Gasteiger partial charge on any atom is 0.371 e. The molecule has 1 fully saturated rings. The Morgan fingerprint density at radius 1 is 1.14 bits per heavy atom. The van der Waals surface area contributed by atoms with E-state index < -0.39 is 27.8 Å². The molecule has 1 saturated heterocycles. The molecule has 3 N–H and O–H groups in total. The van der Waals surface area contributed by atoms with E-state index >= 15 is 0 Å². The van der Waals surface area contributed by atoms with Crippen LogP contribution in [-0.4, -0.2) is 44.3 Å². The normalized spacial score (nSPS) is 18.1. The number of amidine groups is 1. The fourth-order valence-electron chi connectivity index (χ4n) is 3.49. The minimum atomic E-state index is -3.52. The van der Waals surface area contributed by atoms with E-state index in [1.165, 1.54) is 6.26 Å². The summed E-state index contributed by atoms with van der Waals surface area (Å²) in [5, 5.41) is 9.12. The van der Waals surface area contributed by atoms with E-state index in [0.29, 0.717) is 18.7 Å². The van der Waals surface area contributed by atoms with Crippen molar-refractivity contribution in [3.05, 3.63) is 48.5 Å². The smallest absolute Gasteiger partial charge is 0.371 e. The number of rotatable bonds is 4. The van der Waals surface area contributed by atoms with Gasteiger partial charge in [-0.15, -0.1) is 0 Å². The van der Waals surface area contributed by atoms with Gasteiger partial charge in [0.15, 0.2) is 9.84 Å². The topological polar surface area (TPSA) is 113 Å². The van der Waals surface area contributed by atoms with E-state index in [1.54, 1.807) is 12.1 Å². The average molecular weight is 401 g/mol. The maximum absolute atomic E-state index is 12.5. The van der Waals surface area contributed by atoms with Crippen molar-refractivity contribution >= 4 is 27.3 Å². The van der Waals surface area contributed by atoms with Gasteiger partial charge < -0.3 is 15.7 Å². The molecule has 1 aliphatic heterocycles. The molecule has 0 aromatic heterocycles. The SMILES string of the molecule is CS(=O)(=O)c1cccc(-c2ccccc2)c1N1CCCCC1/N=C(/N)C(=O)O. The first-order valence-electron chi connectivity index (χ1n) is 9.00. The number of hydrogen-bond donors (Lipinski definition) is 2. The van der Waals surface area contributed by atoms with Crippen LogP contribution in [0.3, 0.4) is 0 Å². The highest BCUT2D eigenvalue weighted by atomic mass is 32.2. The number of carbonyl (C=O) groups is 1. The van der Waals surface area contributed by atoms with E-state index in [1.807, 2.05) is 41.3 Å². The summed E-state index contributed by atoms with van der Waals surface area (Å²) >= 11 is 0. The Bertz CT molecular complexity index is 1000. The molecule has 0 saturated carbocycles. The molecule has 2 aromatic carbocycles. The number of para-hydroxylation sites is 1. The number of piperidine rings is 1. The lowest BCUT2D eigenvalue weighted by Crippen LogP contribution is -2.41. The number of benzene rings is 2. The Hall–Kier alpha value is -2.87. The number of sulfone groups is 1. The lowest BCUT2D eigenvalue weighted by molar-refractivity contribution is -0.129. The highest BCUT2D eigenvalue weighted by molar-refractivity contribution is 7.90. The molecule has 8 heteroatoms. The summed E-state index contributed by atoms with van der Waals surface area (Å²) in [5.41, 5.74) is 7.75. The zero-order valence-corrected chi connectivity index (χ0v) is 16.4. The number of hydrogen-bond acceptors (Lipinski definition) is 5. The largest absolute Gasteiger partial charge is 0.475 e. The van der Waals surface area contributed by atoms with E-state index in [9.17, 15) is 13.2 Å². The van der Waals surface area contributed by atoms with E-state index in [2.05, 4.69) is 4.99 Å². The number of nitrogens with zero attached hydrogens (tertiary/aromatic N) is 2. The summed E-state index contributed by atoms with van der Waals surface area (Å²) in [5.74, 6) is -1.76. The molecule has 2 aromatic rings. The monoisotopic (exact) mass is 401 g/mol. The lowest BCUT2D eigenvalue weighted by atomic mass is 10.00. The van der Waals surface area contributed by atoms with Gasteiger partial charge in [-0.1, -0.05) is 42.5 Å². The minimum Gasteiger partial charge on any atom is -0.475 e. The summed E-state index contributed by atoms with van der Waals surface area (Å²) < 4.78 is 25.1. The van der Waals surface area contributed by atoms with Crippen LogP contribution in [-0.2, 0) is 14.6 Å². The predicted octanol–water partition coefficient (Wildman–Crippen LogP) is 2.52. The molecule has 3 rings (SSSR count). The van der Waals surface area contributed by atoms with Crippen molar-refractivity contribution in [2.45, 2.75) is 30.3 Å². The van der Waals surface area contributed by atoms with E-state index in [4.69, 9.17) is 10.8 Å². The standard InChI is InChI=1S/C20H23N3O4S/c1-28(26,27)16-11-7-10-15(14-8-3-2-4-9-14)18(16)23-13-6-5-12-17(23)22-19(21)20(24)25/h2-4,7-11,17H,5-6,12-13H2,1H3,(H2,21,22)(H,24,25). The summed E-state index contributed by atoms with van der Waals surface area (Å²) in [6.45, 7) is 0.563. The minimum absolute atomic E-state index is 0.199. The molecule has 0 radical (unpaired) electrons. The second kappa shape index (κ2) is 8.02. The molecule has 1 heterocycles. The third kappa shape index (κ3) is 4.17. The molecule has 7 nitrogen and oxygen atoms in total. The fourth-order valence-corrected chi connectivity index (χ4v) is 4.40. The number of nitrogens with two attached hydrogens (primary N) is 1. The van der Waals surface area contributed by atoms with Crippen LogP contribution in [0.1, 0.15) is 19.3 Å².